The van der Waals surface area contributed by atoms with Crippen molar-refractivity contribution < 1.29 is 0 Å². The normalized spacial score (nSPS) is 10.4. The molecule has 0 unspecified atom stereocenters. The van der Waals surface area contributed by atoms with E-state index in [0.717, 1.165) is 10.9 Å². The molecule has 0 heterocycles. The van der Waals surface area contributed by atoms with Gasteiger partial charge >= 0.3 is 0 Å². The van der Waals surface area contributed by atoms with E-state index in [1.165, 1.54) is 16.7 Å². The molecule has 0 radical (unpaired) electrons. The van der Waals surface area contributed by atoms with Crippen LogP contribution < -0.4 is 0 Å². The summed E-state index contributed by atoms with van der Waals surface area (Å²) < 4.78 is 0. The number of halogens is 2. The third-order valence-electron chi connectivity index (χ3n) is 2.55. The van der Waals surface area contributed by atoms with E-state index in [-0.39, 0.29) is 0 Å². The molecule has 0 saturated carbocycles. The van der Waals surface area contributed by atoms with Gasteiger partial charge in [0.25, 0.3) is 0 Å². The Hall–Kier alpha value is -0.790. The van der Waals surface area contributed by atoms with Crippen molar-refractivity contribution >= 4 is 27.5 Å². The zero-order chi connectivity index (χ0) is 11.4. The fourth-order valence-corrected chi connectivity index (χ4v) is 2.12. The Kier molecular flexibility index (Phi) is 4.03. The molecule has 2 aromatic carbocycles. The minimum atomic E-state index is 0.572. The van der Waals surface area contributed by atoms with Gasteiger partial charge in [-0.2, -0.15) is 0 Å². The van der Waals surface area contributed by atoms with E-state index >= 15 is 0 Å². The predicted molar refractivity (Wildman–Crippen MR) is 74.1 cm³/mol. The van der Waals surface area contributed by atoms with Gasteiger partial charge in [0, 0.05) is 11.2 Å². The number of hydrogen-bond acceptors (Lipinski definition) is 0. The summed E-state index contributed by atoms with van der Waals surface area (Å²) >= 11 is 9.20. The van der Waals surface area contributed by atoms with Crippen LogP contribution in [0.4, 0.5) is 0 Å². The highest BCUT2D eigenvalue weighted by Crippen LogP contribution is 2.21. The van der Waals surface area contributed by atoms with Crippen LogP contribution >= 0.6 is 27.5 Å². The lowest BCUT2D eigenvalue weighted by Gasteiger charge is -2.03. The van der Waals surface area contributed by atoms with E-state index in [2.05, 4.69) is 64.5 Å². The maximum absolute atomic E-state index is 5.76. The minimum Gasteiger partial charge on any atom is -0.122 e. The van der Waals surface area contributed by atoms with Crippen LogP contribution in [0.25, 0.3) is 11.1 Å². The molecule has 82 valence electrons. The molecule has 0 bridgehead atoms. The number of rotatable bonds is 3. The lowest BCUT2D eigenvalue weighted by atomic mass is 10.0. The quantitative estimate of drug-likeness (QED) is 0.700. The van der Waals surface area contributed by atoms with Crippen molar-refractivity contribution in [2.75, 3.05) is 0 Å². The second kappa shape index (κ2) is 5.51. The topological polar surface area (TPSA) is 0 Å². The van der Waals surface area contributed by atoms with Crippen LogP contribution in [0, 0.1) is 0 Å². The van der Waals surface area contributed by atoms with Gasteiger partial charge in [-0.25, -0.2) is 0 Å². The SMILES string of the molecule is ClCc1ccc(-c2ccc(CBr)cc2)cc1. The number of benzene rings is 2. The molecule has 0 atom stereocenters. The van der Waals surface area contributed by atoms with Crippen molar-refractivity contribution in [1.29, 1.82) is 0 Å². The molecule has 2 aromatic rings. The van der Waals surface area contributed by atoms with Crippen LogP contribution in [0.15, 0.2) is 48.5 Å². The van der Waals surface area contributed by atoms with Crippen LogP contribution in [0.5, 0.6) is 0 Å². The van der Waals surface area contributed by atoms with Gasteiger partial charge in [-0.05, 0) is 22.3 Å². The molecule has 0 spiro atoms. The lowest BCUT2D eigenvalue weighted by Crippen LogP contribution is -1.82. The van der Waals surface area contributed by atoms with E-state index < -0.39 is 0 Å². The molecule has 0 amide bonds. The van der Waals surface area contributed by atoms with Gasteiger partial charge < -0.3 is 0 Å². The zero-order valence-corrected chi connectivity index (χ0v) is 11.1. The van der Waals surface area contributed by atoms with Crippen LogP contribution in [0.1, 0.15) is 11.1 Å². The predicted octanol–water partition coefficient (Wildman–Crippen LogP) is 4.99. The van der Waals surface area contributed by atoms with Gasteiger partial charge in [-0.3, -0.25) is 0 Å². The molecule has 0 nitrogen and oxygen atoms in total. The third-order valence-corrected chi connectivity index (χ3v) is 3.51. The fraction of sp³-hybridized carbons (Fsp3) is 0.143. The third kappa shape index (κ3) is 2.66. The summed E-state index contributed by atoms with van der Waals surface area (Å²) in [6.45, 7) is 0. The molecular formula is C14H12BrCl. The van der Waals surface area contributed by atoms with Gasteiger partial charge in [0.05, 0.1) is 0 Å². The van der Waals surface area contributed by atoms with Gasteiger partial charge in [-0.15, -0.1) is 11.6 Å². The lowest BCUT2D eigenvalue weighted by molar-refractivity contribution is 1.40. The summed E-state index contributed by atoms with van der Waals surface area (Å²) in [5, 5.41) is 0.901. The Morgan fingerprint density at radius 3 is 1.56 bits per heavy atom. The molecule has 0 aromatic heterocycles. The highest BCUT2D eigenvalue weighted by Gasteiger charge is 1.98. The van der Waals surface area contributed by atoms with Gasteiger partial charge in [0.2, 0.25) is 0 Å². The zero-order valence-electron chi connectivity index (χ0n) is 8.79. The van der Waals surface area contributed by atoms with Crippen molar-refractivity contribution in [1.82, 2.24) is 0 Å². The van der Waals surface area contributed by atoms with Gasteiger partial charge in [0.15, 0.2) is 0 Å². The van der Waals surface area contributed by atoms with E-state index in [1.807, 2.05) is 0 Å². The summed E-state index contributed by atoms with van der Waals surface area (Å²) in [5.41, 5.74) is 4.92. The highest BCUT2D eigenvalue weighted by atomic mass is 79.9. The van der Waals surface area contributed by atoms with Gasteiger partial charge in [0.1, 0.15) is 0 Å². The Bertz CT molecular complexity index is 400. The summed E-state index contributed by atoms with van der Waals surface area (Å²) in [4.78, 5) is 0. The standard InChI is InChI=1S/C14H12BrCl/c15-9-11-1-5-13(6-2-11)14-7-3-12(10-16)4-8-14/h1-8H,9-10H2. The number of alkyl halides is 2. The van der Waals surface area contributed by atoms with Crippen molar-refractivity contribution in [3.63, 3.8) is 0 Å². The minimum absolute atomic E-state index is 0.572. The maximum atomic E-state index is 5.76. The molecule has 0 aliphatic rings. The van der Waals surface area contributed by atoms with Crippen LogP contribution in [-0.2, 0) is 11.2 Å². The average Bonchev–Trinajstić information content (AvgIpc) is 2.39. The summed E-state index contributed by atoms with van der Waals surface area (Å²) in [6, 6.07) is 16.9. The summed E-state index contributed by atoms with van der Waals surface area (Å²) in [5.74, 6) is 0.572. The van der Waals surface area contributed by atoms with Crippen molar-refractivity contribution in [2.45, 2.75) is 11.2 Å². The van der Waals surface area contributed by atoms with Crippen molar-refractivity contribution in [3.05, 3.63) is 59.7 Å². The average molecular weight is 296 g/mol. The molecule has 2 rings (SSSR count). The first kappa shape index (κ1) is 11.7. The molecule has 0 aliphatic heterocycles. The Morgan fingerprint density at radius 1 is 0.750 bits per heavy atom. The molecule has 0 saturated heterocycles. The molecule has 16 heavy (non-hydrogen) atoms. The van der Waals surface area contributed by atoms with Crippen LogP contribution in [0.2, 0.25) is 0 Å². The largest absolute Gasteiger partial charge is 0.122 e. The van der Waals surface area contributed by atoms with Gasteiger partial charge in [-0.1, -0.05) is 64.5 Å². The Balaban J connectivity index is 2.28. The van der Waals surface area contributed by atoms with E-state index in [1.54, 1.807) is 0 Å². The second-order valence-corrected chi connectivity index (χ2v) is 4.49. The summed E-state index contributed by atoms with van der Waals surface area (Å²) in [6.07, 6.45) is 0. The molecule has 0 aliphatic carbocycles. The van der Waals surface area contributed by atoms with Crippen LogP contribution in [-0.4, -0.2) is 0 Å². The molecular weight excluding hydrogens is 284 g/mol. The smallest absolute Gasteiger partial charge is 0.0474 e. The Labute approximate surface area is 109 Å². The fourth-order valence-electron chi connectivity index (χ4n) is 1.57. The molecule has 0 N–H and O–H groups in total. The van der Waals surface area contributed by atoms with E-state index in [4.69, 9.17) is 11.6 Å². The monoisotopic (exact) mass is 294 g/mol. The first-order valence-corrected chi connectivity index (χ1v) is 6.79. The highest BCUT2D eigenvalue weighted by molar-refractivity contribution is 9.08. The Morgan fingerprint density at radius 2 is 1.19 bits per heavy atom. The molecule has 0 fully saturated rings. The van der Waals surface area contributed by atoms with E-state index in [9.17, 15) is 0 Å². The first-order chi connectivity index (χ1) is 7.83. The van der Waals surface area contributed by atoms with Crippen molar-refractivity contribution in [2.24, 2.45) is 0 Å². The van der Waals surface area contributed by atoms with Crippen molar-refractivity contribution in [3.8, 4) is 11.1 Å². The number of hydrogen-bond donors (Lipinski definition) is 0. The summed E-state index contributed by atoms with van der Waals surface area (Å²) in [7, 11) is 0. The van der Waals surface area contributed by atoms with Crippen LogP contribution in [0.3, 0.4) is 0 Å². The first-order valence-electron chi connectivity index (χ1n) is 5.13. The second-order valence-electron chi connectivity index (χ2n) is 3.66. The van der Waals surface area contributed by atoms with E-state index in [0.29, 0.717) is 5.88 Å². The molecule has 2 heteroatoms. The maximum Gasteiger partial charge on any atom is 0.0474 e.